The highest BCUT2D eigenvalue weighted by atomic mass is 32.2. The van der Waals surface area contributed by atoms with Crippen molar-refractivity contribution in [2.75, 3.05) is 18.6 Å². The fraction of sp³-hybridized carbons (Fsp3) is 0.875. The molecule has 0 saturated carbocycles. The Labute approximate surface area is 84.7 Å². The first-order valence-electron chi connectivity index (χ1n) is 4.43. The molecule has 0 rings (SSSR count). The van der Waals surface area contributed by atoms with Gasteiger partial charge < -0.3 is 10.1 Å². The summed E-state index contributed by atoms with van der Waals surface area (Å²) in [5, 5.41) is 2.46. The number of sulfone groups is 1. The van der Waals surface area contributed by atoms with Crippen molar-refractivity contribution >= 4 is 15.9 Å². The highest BCUT2D eigenvalue weighted by molar-refractivity contribution is 7.90. The van der Waals surface area contributed by atoms with E-state index in [1.165, 1.54) is 6.26 Å². The van der Waals surface area contributed by atoms with Crippen LogP contribution in [-0.2, 0) is 14.6 Å². The van der Waals surface area contributed by atoms with Gasteiger partial charge in [0.2, 0.25) is 0 Å². The maximum atomic E-state index is 10.9. The molecule has 0 spiro atoms. The van der Waals surface area contributed by atoms with E-state index in [1.54, 1.807) is 13.8 Å². The van der Waals surface area contributed by atoms with Crippen LogP contribution in [0.15, 0.2) is 0 Å². The van der Waals surface area contributed by atoms with Crippen molar-refractivity contribution in [1.29, 1.82) is 0 Å². The Bertz CT molecular complexity index is 271. The molecule has 0 radical (unpaired) electrons. The third-order valence-corrected chi connectivity index (χ3v) is 2.33. The van der Waals surface area contributed by atoms with Gasteiger partial charge in [0, 0.05) is 12.8 Å². The number of carbonyl (C=O) groups is 1. The average Bonchev–Trinajstić information content (AvgIpc) is 1.95. The molecule has 0 bridgehead atoms. The van der Waals surface area contributed by atoms with E-state index in [4.69, 9.17) is 4.74 Å². The lowest BCUT2D eigenvalue weighted by Gasteiger charge is -2.08. The molecule has 84 valence electrons. The van der Waals surface area contributed by atoms with Crippen LogP contribution in [0.25, 0.3) is 0 Å². The first-order chi connectivity index (χ1) is 6.31. The highest BCUT2D eigenvalue weighted by Crippen LogP contribution is 1.90. The molecule has 1 amide bonds. The molecule has 5 nitrogen and oxygen atoms in total. The molecule has 0 heterocycles. The predicted octanol–water partition coefficient (Wildman–Crippen LogP) is 0.556. The molecule has 0 aliphatic carbocycles. The summed E-state index contributed by atoms with van der Waals surface area (Å²) in [6.07, 6.45) is 0.907. The van der Waals surface area contributed by atoms with E-state index in [1.807, 2.05) is 0 Å². The van der Waals surface area contributed by atoms with E-state index in [0.717, 1.165) is 0 Å². The zero-order valence-corrected chi connectivity index (χ0v) is 9.56. The van der Waals surface area contributed by atoms with Gasteiger partial charge in [-0.3, -0.25) is 0 Å². The van der Waals surface area contributed by atoms with E-state index >= 15 is 0 Å². The molecule has 0 aliphatic rings. The van der Waals surface area contributed by atoms with Crippen molar-refractivity contribution in [2.24, 2.45) is 0 Å². The largest absolute Gasteiger partial charge is 0.447 e. The van der Waals surface area contributed by atoms with E-state index < -0.39 is 15.9 Å². The van der Waals surface area contributed by atoms with Gasteiger partial charge in [0.1, 0.15) is 9.84 Å². The van der Waals surface area contributed by atoms with Crippen molar-refractivity contribution in [1.82, 2.24) is 5.32 Å². The highest BCUT2D eigenvalue weighted by Gasteiger charge is 2.05. The SMILES string of the molecule is CC(C)OC(=O)NCCCS(C)(=O)=O. The number of hydrogen-bond donors (Lipinski definition) is 1. The van der Waals surface area contributed by atoms with Gasteiger partial charge in [-0.15, -0.1) is 0 Å². The molecule has 0 aromatic carbocycles. The lowest BCUT2D eigenvalue weighted by Crippen LogP contribution is -2.28. The fourth-order valence-corrected chi connectivity index (χ4v) is 1.45. The Hall–Kier alpha value is -0.780. The Balaban J connectivity index is 3.51. The number of hydrogen-bond acceptors (Lipinski definition) is 4. The van der Waals surface area contributed by atoms with Gasteiger partial charge >= 0.3 is 6.09 Å². The molecule has 0 atom stereocenters. The molecule has 0 aromatic heterocycles. The lowest BCUT2D eigenvalue weighted by molar-refractivity contribution is 0.115. The zero-order chi connectivity index (χ0) is 11.2. The van der Waals surface area contributed by atoms with Crippen LogP contribution >= 0.6 is 0 Å². The standard InChI is InChI=1S/C8H17NO4S/c1-7(2)13-8(10)9-5-4-6-14(3,11)12/h7H,4-6H2,1-3H3,(H,9,10). The summed E-state index contributed by atoms with van der Waals surface area (Å²) in [6, 6.07) is 0. The number of carbonyl (C=O) groups excluding carboxylic acids is 1. The van der Waals surface area contributed by atoms with Crippen LogP contribution in [0.5, 0.6) is 0 Å². The first kappa shape index (κ1) is 13.2. The second kappa shape index (κ2) is 5.85. The molecular weight excluding hydrogens is 206 g/mol. The van der Waals surface area contributed by atoms with E-state index in [-0.39, 0.29) is 11.9 Å². The Kier molecular flexibility index (Phi) is 5.52. The normalized spacial score (nSPS) is 11.4. The number of rotatable bonds is 5. The molecule has 0 saturated heterocycles. The Morgan fingerprint density at radius 1 is 1.43 bits per heavy atom. The summed E-state index contributed by atoms with van der Waals surface area (Å²) in [5.74, 6) is 0.0783. The molecule has 0 unspecified atom stereocenters. The lowest BCUT2D eigenvalue weighted by atomic mass is 10.5. The summed E-state index contributed by atoms with van der Waals surface area (Å²) in [6.45, 7) is 3.81. The monoisotopic (exact) mass is 223 g/mol. The van der Waals surface area contributed by atoms with Crippen molar-refractivity contribution in [3.63, 3.8) is 0 Å². The molecule has 0 aliphatic heterocycles. The average molecular weight is 223 g/mol. The van der Waals surface area contributed by atoms with Crippen molar-refractivity contribution in [3.8, 4) is 0 Å². The molecular formula is C8H17NO4S. The van der Waals surface area contributed by atoms with Crippen LogP contribution < -0.4 is 5.32 Å². The van der Waals surface area contributed by atoms with Crippen LogP contribution in [0, 0.1) is 0 Å². The second-order valence-electron chi connectivity index (χ2n) is 3.36. The smallest absolute Gasteiger partial charge is 0.407 e. The van der Waals surface area contributed by atoms with Crippen LogP contribution in [0.4, 0.5) is 4.79 Å². The van der Waals surface area contributed by atoms with Crippen molar-refractivity contribution in [3.05, 3.63) is 0 Å². The molecule has 0 aromatic rings. The summed E-state index contributed by atoms with van der Waals surface area (Å²) in [4.78, 5) is 10.9. The third kappa shape index (κ3) is 9.31. The predicted molar refractivity (Wildman–Crippen MR) is 53.9 cm³/mol. The number of nitrogens with one attached hydrogen (secondary N) is 1. The molecule has 0 fully saturated rings. The number of ether oxygens (including phenoxy) is 1. The minimum absolute atomic E-state index is 0.0783. The Morgan fingerprint density at radius 2 is 2.00 bits per heavy atom. The fourth-order valence-electron chi connectivity index (χ4n) is 0.781. The summed E-state index contributed by atoms with van der Waals surface area (Å²) in [7, 11) is -2.94. The quantitative estimate of drug-likeness (QED) is 0.691. The second-order valence-corrected chi connectivity index (χ2v) is 5.62. The number of amides is 1. The zero-order valence-electron chi connectivity index (χ0n) is 8.74. The molecule has 1 N–H and O–H groups in total. The van der Waals surface area contributed by atoms with Crippen molar-refractivity contribution < 1.29 is 17.9 Å². The van der Waals surface area contributed by atoms with Gasteiger partial charge in [-0.2, -0.15) is 0 Å². The summed E-state index contributed by atoms with van der Waals surface area (Å²) < 4.78 is 26.2. The van der Waals surface area contributed by atoms with Crippen LogP contribution in [0.2, 0.25) is 0 Å². The Morgan fingerprint density at radius 3 is 2.43 bits per heavy atom. The number of alkyl carbamates (subject to hydrolysis) is 1. The maximum Gasteiger partial charge on any atom is 0.407 e. The van der Waals surface area contributed by atoms with Gasteiger partial charge in [-0.05, 0) is 20.3 Å². The van der Waals surface area contributed by atoms with E-state index in [2.05, 4.69) is 5.32 Å². The summed E-state index contributed by atoms with van der Waals surface area (Å²) >= 11 is 0. The van der Waals surface area contributed by atoms with Gasteiger partial charge in [-0.1, -0.05) is 0 Å². The molecule has 14 heavy (non-hydrogen) atoms. The van der Waals surface area contributed by atoms with Crippen LogP contribution in [-0.4, -0.2) is 39.2 Å². The molecule has 6 heteroatoms. The van der Waals surface area contributed by atoms with E-state index in [0.29, 0.717) is 13.0 Å². The minimum atomic E-state index is -2.94. The van der Waals surface area contributed by atoms with Gasteiger partial charge in [0.25, 0.3) is 0 Å². The maximum absolute atomic E-state index is 10.9. The topological polar surface area (TPSA) is 72.5 Å². The van der Waals surface area contributed by atoms with Crippen LogP contribution in [0.3, 0.4) is 0 Å². The third-order valence-electron chi connectivity index (χ3n) is 1.30. The summed E-state index contributed by atoms with van der Waals surface area (Å²) in [5.41, 5.74) is 0. The first-order valence-corrected chi connectivity index (χ1v) is 6.49. The van der Waals surface area contributed by atoms with Crippen molar-refractivity contribution in [2.45, 2.75) is 26.4 Å². The van der Waals surface area contributed by atoms with E-state index in [9.17, 15) is 13.2 Å². The van der Waals surface area contributed by atoms with Gasteiger partial charge in [0.05, 0.1) is 11.9 Å². The van der Waals surface area contributed by atoms with Gasteiger partial charge in [0.15, 0.2) is 0 Å². The van der Waals surface area contributed by atoms with Gasteiger partial charge in [-0.25, -0.2) is 13.2 Å². The van der Waals surface area contributed by atoms with Crippen LogP contribution in [0.1, 0.15) is 20.3 Å². The minimum Gasteiger partial charge on any atom is -0.447 e.